The summed E-state index contributed by atoms with van der Waals surface area (Å²) in [4.78, 5) is 23.1. The third-order valence-electron chi connectivity index (χ3n) is 5.63. The molecule has 0 radical (unpaired) electrons. The summed E-state index contributed by atoms with van der Waals surface area (Å²) in [5, 5.41) is 9.04. The lowest BCUT2D eigenvalue weighted by Gasteiger charge is -2.40. The van der Waals surface area contributed by atoms with Crippen LogP contribution in [0, 0.1) is 11.3 Å². The van der Waals surface area contributed by atoms with Crippen LogP contribution in [0.25, 0.3) is 0 Å². The number of carbonyl (C=O) groups excluding carboxylic acids is 1. The summed E-state index contributed by atoms with van der Waals surface area (Å²) in [5.74, 6) is -2.90. The van der Waals surface area contributed by atoms with E-state index in [1.54, 1.807) is 0 Å². The predicted octanol–water partition coefficient (Wildman–Crippen LogP) is 2.78. The quantitative estimate of drug-likeness (QED) is 0.814. The molecule has 0 saturated heterocycles. The van der Waals surface area contributed by atoms with Crippen molar-refractivity contribution in [2.75, 3.05) is 0 Å². The molecule has 4 nitrogen and oxygen atoms in total. The molecule has 20 heavy (non-hydrogen) atoms. The molecule has 2 fully saturated rings. The van der Waals surface area contributed by atoms with Crippen molar-refractivity contribution in [1.29, 1.82) is 0 Å². The van der Waals surface area contributed by atoms with Gasteiger partial charge in [0.2, 0.25) is 5.67 Å². The Morgan fingerprint density at radius 2 is 1.95 bits per heavy atom. The van der Waals surface area contributed by atoms with Gasteiger partial charge in [0.1, 0.15) is 5.78 Å². The maximum absolute atomic E-state index is 14.6. The minimum absolute atomic E-state index is 0.0679. The van der Waals surface area contributed by atoms with Crippen LogP contribution in [0.15, 0.2) is 0 Å². The topological polar surface area (TPSA) is 63.6 Å². The first-order valence-corrected chi connectivity index (χ1v) is 9.84. The molecule has 0 amide bonds. The van der Waals surface area contributed by atoms with Gasteiger partial charge in [-0.3, -0.25) is 4.79 Å². The van der Waals surface area contributed by atoms with Crippen LogP contribution in [-0.2, 0) is 14.0 Å². The van der Waals surface area contributed by atoms with Crippen LogP contribution in [0.2, 0.25) is 18.1 Å². The summed E-state index contributed by atoms with van der Waals surface area (Å²) < 4.78 is 20.8. The van der Waals surface area contributed by atoms with Gasteiger partial charge in [-0.05, 0) is 18.1 Å². The van der Waals surface area contributed by atoms with E-state index < -0.39 is 37.4 Å². The van der Waals surface area contributed by atoms with Gasteiger partial charge in [-0.15, -0.1) is 0 Å². The average Bonchev–Trinajstić information content (AvgIpc) is 2.64. The zero-order valence-corrected chi connectivity index (χ0v) is 13.9. The molecule has 0 unspecified atom stereocenters. The van der Waals surface area contributed by atoms with E-state index in [-0.39, 0.29) is 17.2 Å². The second-order valence-electron chi connectivity index (χ2n) is 7.77. The number of carboxylic acids is 1. The van der Waals surface area contributed by atoms with Crippen molar-refractivity contribution >= 4 is 20.1 Å². The zero-order chi connectivity index (χ0) is 15.7. The number of hydrogen-bond donors (Lipinski definition) is 1. The number of halogens is 1. The molecule has 0 aromatic heterocycles. The molecule has 6 heteroatoms. The van der Waals surface area contributed by atoms with Crippen molar-refractivity contribution in [2.45, 2.75) is 64.0 Å². The highest BCUT2D eigenvalue weighted by atomic mass is 28.4. The van der Waals surface area contributed by atoms with E-state index in [0.29, 0.717) is 0 Å². The molecule has 2 rings (SSSR count). The Labute approximate surface area is 119 Å². The summed E-state index contributed by atoms with van der Waals surface area (Å²) >= 11 is 0. The maximum Gasteiger partial charge on any atom is 0.342 e. The van der Waals surface area contributed by atoms with E-state index in [9.17, 15) is 14.0 Å². The lowest BCUT2D eigenvalue weighted by molar-refractivity contribution is -0.150. The number of alkyl halides is 1. The molecule has 0 aliphatic heterocycles. The number of carboxylic acid groups (broad SMARTS) is 1. The number of rotatable bonds is 3. The van der Waals surface area contributed by atoms with E-state index in [4.69, 9.17) is 9.53 Å². The third kappa shape index (κ3) is 1.67. The van der Waals surface area contributed by atoms with Crippen LogP contribution in [0.1, 0.15) is 34.1 Å². The maximum atomic E-state index is 14.6. The van der Waals surface area contributed by atoms with Crippen molar-refractivity contribution < 1.29 is 23.5 Å². The third-order valence-corrected chi connectivity index (χ3v) is 10.1. The second-order valence-corrected chi connectivity index (χ2v) is 12.5. The van der Waals surface area contributed by atoms with Gasteiger partial charge < -0.3 is 9.53 Å². The first kappa shape index (κ1) is 15.6. The molecule has 0 aromatic rings. The van der Waals surface area contributed by atoms with Crippen LogP contribution in [0.5, 0.6) is 0 Å². The molecular weight excluding hydrogens is 279 g/mol. The van der Waals surface area contributed by atoms with E-state index in [0.717, 1.165) is 0 Å². The summed E-state index contributed by atoms with van der Waals surface area (Å²) in [6.45, 7) is 11.8. The summed E-state index contributed by atoms with van der Waals surface area (Å²) in [7, 11) is -2.17. The van der Waals surface area contributed by atoms with E-state index >= 15 is 0 Å². The van der Waals surface area contributed by atoms with Gasteiger partial charge in [-0.1, -0.05) is 27.7 Å². The fourth-order valence-electron chi connectivity index (χ4n) is 3.14. The lowest BCUT2D eigenvalue weighted by Crippen LogP contribution is -2.47. The minimum atomic E-state index is -2.45. The lowest BCUT2D eigenvalue weighted by atomic mass is 9.97. The second kappa shape index (κ2) is 3.91. The largest absolute Gasteiger partial charge is 0.479 e. The molecule has 2 aliphatic carbocycles. The van der Waals surface area contributed by atoms with Crippen molar-refractivity contribution in [1.82, 2.24) is 0 Å². The van der Waals surface area contributed by atoms with Gasteiger partial charge in [0.15, 0.2) is 8.32 Å². The highest BCUT2D eigenvalue weighted by Gasteiger charge is 2.89. The van der Waals surface area contributed by atoms with Crippen molar-refractivity contribution in [3.63, 3.8) is 0 Å². The molecule has 2 aliphatic rings. The Balaban J connectivity index is 2.29. The number of ketones is 1. The standard InChI is InChI=1S/C14H23FO4Si/c1-12(2,3)20(5,6)19-9-7-8(16)10-13(9,4)14(10,15)11(17)18/h9-10H,7H2,1-6H3,(H,17,18)/t9-,10-,13+,14-/m1/s1. The molecule has 0 spiro atoms. The van der Waals surface area contributed by atoms with Gasteiger partial charge in [0.05, 0.1) is 17.4 Å². The number of Topliss-reactive ketones (excluding diaryl/α,β-unsaturated/α-hetero) is 1. The first-order valence-electron chi connectivity index (χ1n) is 6.93. The van der Waals surface area contributed by atoms with Crippen molar-refractivity contribution in [3.05, 3.63) is 0 Å². The molecule has 0 bridgehead atoms. The van der Waals surface area contributed by atoms with E-state index in [1.165, 1.54) is 6.92 Å². The normalized spacial score (nSPS) is 40.6. The monoisotopic (exact) mass is 302 g/mol. The SMILES string of the molecule is CC(C)(C)[Si](C)(C)O[C@@H]1CC(=O)[C@@H]2[C@@]1(C)[C@]2(F)C(=O)O. The zero-order valence-electron chi connectivity index (χ0n) is 12.9. The molecule has 114 valence electrons. The van der Waals surface area contributed by atoms with E-state index in [2.05, 4.69) is 20.8 Å². The molecule has 0 aromatic carbocycles. The van der Waals surface area contributed by atoms with Gasteiger partial charge in [0, 0.05) is 6.42 Å². The Morgan fingerprint density at radius 1 is 1.45 bits per heavy atom. The Kier molecular flexibility index (Phi) is 3.06. The summed E-state index contributed by atoms with van der Waals surface area (Å²) in [5.41, 5.74) is -3.65. The number of aliphatic carboxylic acids is 1. The smallest absolute Gasteiger partial charge is 0.342 e. The van der Waals surface area contributed by atoms with Crippen molar-refractivity contribution in [3.8, 4) is 0 Å². The average molecular weight is 302 g/mol. The van der Waals surface area contributed by atoms with Gasteiger partial charge >= 0.3 is 5.97 Å². The Hall–Kier alpha value is -0.753. The highest BCUT2D eigenvalue weighted by molar-refractivity contribution is 6.74. The number of fused-ring (bicyclic) bond motifs is 1. The van der Waals surface area contributed by atoms with Crippen LogP contribution >= 0.6 is 0 Å². The Bertz CT molecular complexity index is 484. The molecule has 0 heterocycles. The fraction of sp³-hybridized carbons (Fsp3) is 0.857. The molecular formula is C14H23FO4Si. The van der Waals surface area contributed by atoms with Crippen molar-refractivity contribution in [2.24, 2.45) is 11.3 Å². The fourth-order valence-corrected chi connectivity index (χ4v) is 4.53. The highest BCUT2D eigenvalue weighted by Crippen LogP contribution is 2.72. The van der Waals surface area contributed by atoms with Gasteiger partial charge in [-0.25, -0.2) is 9.18 Å². The Morgan fingerprint density at radius 3 is 2.30 bits per heavy atom. The minimum Gasteiger partial charge on any atom is -0.479 e. The van der Waals surface area contributed by atoms with Gasteiger partial charge in [0.25, 0.3) is 0 Å². The van der Waals surface area contributed by atoms with Crippen LogP contribution in [-0.4, -0.2) is 36.9 Å². The van der Waals surface area contributed by atoms with Crippen LogP contribution in [0.4, 0.5) is 4.39 Å². The van der Waals surface area contributed by atoms with Crippen LogP contribution < -0.4 is 0 Å². The number of hydrogen-bond acceptors (Lipinski definition) is 3. The predicted molar refractivity (Wildman–Crippen MR) is 74.8 cm³/mol. The first-order chi connectivity index (χ1) is 8.80. The molecule has 1 N–H and O–H groups in total. The summed E-state index contributed by atoms with van der Waals surface area (Å²) in [6.07, 6.45) is -0.492. The van der Waals surface area contributed by atoms with E-state index in [1.807, 2.05) is 13.1 Å². The number of carbonyl (C=O) groups is 2. The molecule has 2 saturated carbocycles. The van der Waals surface area contributed by atoms with Gasteiger partial charge in [-0.2, -0.15) is 0 Å². The molecule has 4 atom stereocenters. The van der Waals surface area contributed by atoms with Crippen LogP contribution in [0.3, 0.4) is 0 Å². The summed E-state index contributed by atoms with van der Waals surface area (Å²) in [6, 6.07) is 0.